The van der Waals surface area contributed by atoms with Crippen molar-refractivity contribution in [3.05, 3.63) is 22.9 Å². The van der Waals surface area contributed by atoms with Crippen LogP contribution in [0.1, 0.15) is 19.3 Å². The molecule has 0 atom stereocenters. The lowest BCUT2D eigenvalue weighted by Gasteiger charge is -2.47. The topological polar surface area (TPSA) is 41.0 Å². The SMILES string of the molecule is CN(C)C1(Cn2cc[nH]c2=O)CCC1. The smallest absolute Gasteiger partial charge is 0.313 e. The number of likely N-dealkylation sites (N-methyl/N-ethyl adjacent to an activating group) is 1. The Hall–Kier alpha value is -1.03. The van der Waals surface area contributed by atoms with Crippen LogP contribution in [0.15, 0.2) is 17.2 Å². The van der Waals surface area contributed by atoms with E-state index in [1.807, 2.05) is 6.20 Å². The first-order valence-corrected chi connectivity index (χ1v) is 5.05. The molecule has 0 amide bonds. The highest BCUT2D eigenvalue weighted by atomic mass is 16.1. The predicted octanol–water partition coefficient (Wildman–Crippen LogP) is 0.661. The molecule has 0 spiro atoms. The van der Waals surface area contributed by atoms with Crippen molar-refractivity contribution in [2.24, 2.45) is 0 Å². The minimum Gasteiger partial charge on any atom is -0.313 e. The summed E-state index contributed by atoms with van der Waals surface area (Å²) in [5.41, 5.74) is 0.213. The summed E-state index contributed by atoms with van der Waals surface area (Å²) in [6.45, 7) is 0.808. The van der Waals surface area contributed by atoms with E-state index in [2.05, 4.69) is 24.0 Å². The zero-order valence-electron chi connectivity index (χ0n) is 8.79. The fraction of sp³-hybridized carbons (Fsp3) is 0.700. The molecule has 1 N–H and O–H groups in total. The van der Waals surface area contributed by atoms with Crippen LogP contribution in [-0.4, -0.2) is 34.1 Å². The Kier molecular flexibility index (Phi) is 2.23. The van der Waals surface area contributed by atoms with Gasteiger partial charge < -0.3 is 9.88 Å². The van der Waals surface area contributed by atoms with E-state index in [-0.39, 0.29) is 11.2 Å². The molecule has 78 valence electrons. The molecule has 1 saturated carbocycles. The first-order valence-electron chi connectivity index (χ1n) is 5.05. The van der Waals surface area contributed by atoms with E-state index in [0.29, 0.717) is 0 Å². The van der Waals surface area contributed by atoms with Crippen LogP contribution in [0.2, 0.25) is 0 Å². The van der Waals surface area contributed by atoms with Gasteiger partial charge in [-0.3, -0.25) is 4.57 Å². The minimum absolute atomic E-state index is 0.00174. The number of H-pyrrole nitrogens is 1. The van der Waals surface area contributed by atoms with Crippen LogP contribution in [0.3, 0.4) is 0 Å². The molecule has 14 heavy (non-hydrogen) atoms. The highest BCUT2D eigenvalue weighted by Crippen LogP contribution is 2.37. The van der Waals surface area contributed by atoms with Crippen molar-refractivity contribution in [2.45, 2.75) is 31.3 Å². The molecule has 1 aliphatic rings. The molecule has 1 aromatic heterocycles. The molecule has 0 radical (unpaired) electrons. The second-order valence-electron chi connectivity index (χ2n) is 4.37. The second-order valence-corrected chi connectivity index (χ2v) is 4.37. The van der Waals surface area contributed by atoms with Crippen LogP contribution in [0.5, 0.6) is 0 Å². The molecule has 1 fully saturated rings. The Labute approximate surface area is 83.5 Å². The highest BCUT2D eigenvalue weighted by Gasteiger charge is 2.39. The summed E-state index contributed by atoms with van der Waals surface area (Å²) in [5.74, 6) is 0. The summed E-state index contributed by atoms with van der Waals surface area (Å²) in [4.78, 5) is 16.3. The number of nitrogens with one attached hydrogen (secondary N) is 1. The van der Waals surface area contributed by atoms with E-state index in [1.165, 1.54) is 19.3 Å². The molecule has 0 aromatic carbocycles. The normalized spacial score (nSPS) is 19.6. The molecule has 1 heterocycles. The molecule has 4 nitrogen and oxygen atoms in total. The molecule has 1 aliphatic carbocycles. The molecule has 1 aromatic rings. The van der Waals surface area contributed by atoms with Crippen LogP contribution in [-0.2, 0) is 6.54 Å². The van der Waals surface area contributed by atoms with Crippen LogP contribution >= 0.6 is 0 Å². The van der Waals surface area contributed by atoms with Gasteiger partial charge in [-0.25, -0.2) is 4.79 Å². The van der Waals surface area contributed by atoms with E-state index >= 15 is 0 Å². The van der Waals surface area contributed by atoms with Crippen molar-refractivity contribution in [2.75, 3.05) is 14.1 Å². The van der Waals surface area contributed by atoms with Gasteiger partial charge in [0.05, 0.1) is 0 Å². The molecule has 2 rings (SSSR count). The van der Waals surface area contributed by atoms with Crippen LogP contribution in [0, 0.1) is 0 Å². The van der Waals surface area contributed by atoms with Gasteiger partial charge >= 0.3 is 5.69 Å². The Morgan fingerprint density at radius 1 is 1.57 bits per heavy atom. The third kappa shape index (κ3) is 1.39. The number of aromatic nitrogens is 2. The van der Waals surface area contributed by atoms with Crippen molar-refractivity contribution in [3.63, 3.8) is 0 Å². The zero-order valence-corrected chi connectivity index (χ0v) is 8.79. The maximum Gasteiger partial charge on any atom is 0.325 e. The average Bonchev–Trinajstić information content (AvgIpc) is 2.43. The summed E-state index contributed by atoms with van der Waals surface area (Å²) in [6.07, 6.45) is 7.18. The number of hydrogen-bond acceptors (Lipinski definition) is 2. The summed E-state index contributed by atoms with van der Waals surface area (Å²) in [6, 6.07) is 0. The lowest BCUT2D eigenvalue weighted by atomic mass is 9.75. The quantitative estimate of drug-likeness (QED) is 0.769. The average molecular weight is 195 g/mol. The van der Waals surface area contributed by atoms with Gasteiger partial charge in [0, 0.05) is 24.5 Å². The molecule has 0 unspecified atom stereocenters. The summed E-state index contributed by atoms with van der Waals surface area (Å²) in [7, 11) is 4.19. The maximum absolute atomic E-state index is 11.3. The third-order valence-electron chi connectivity index (χ3n) is 3.42. The number of imidazole rings is 1. The Morgan fingerprint density at radius 3 is 2.64 bits per heavy atom. The monoisotopic (exact) mass is 195 g/mol. The maximum atomic E-state index is 11.3. The first-order chi connectivity index (χ1) is 6.64. The van der Waals surface area contributed by atoms with E-state index in [1.54, 1.807) is 10.8 Å². The lowest BCUT2D eigenvalue weighted by Crippen LogP contribution is -2.53. The highest BCUT2D eigenvalue weighted by molar-refractivity contribution is 4.97. The van der Waals surface area contributed by atoms with Crippen molar-refractivity contribution < 1.29 is 0 Å². The fourth-order valence-electron chi connectivity index (χ4n) is 2.12. The second kappa shape index (κ2) is 3.28. The van der Waals surface area contributed by atoms with Crippen LogP contribution in [0.4, 0.5) is 0 Å². The first kappa shape index (κ1) is 9.52. The van der Waals surface area contributed by atoms with Gasteiger partial charge in [0.15, 0.2) is 0 Å². The molecule has 0 aliphatic heterocycles. The van der Waals surface area contributed by atoms with E-state index < -0.39 is 0 Å². The van der Waals surface area contributed by atoms with E-state index in [0.717, 1.165) is 6.54 Å². The van der Waals surface area contributed by atoms with Gasteiger partial charge in [-0.15, -0.1) is 0 Å². The predicted molar refractivity (Wildman–Crippen MR) is 55.3 cm³/mol. The Bertz CT molecular complexity index is 359. The Morgan fingerprint density at radius 2 is 2.29 bits per heavy atom. The standard InChI is InChI=1S/C10H17N3O/c1-12(2)10(4-3-5-10)8-13-7-6-11-9(13)14/h6-7H,3-5,8H2,1-2H3,(H,11,14). The van der Waals surface area contributed by atoms with Crippen molar-refractivity contribution in [3.8, 4) is 0 Å². The summed E-state index contributed by atoms with van der Waals surface area (Å²) in [5, 5.41) is 0. The molecule has 4 heteroatoms. The van der Waals surface area contributed by atoms with Gasteiger partial charge in [-0.05, 0) is 33.4 Å². The van der Waals surface area contributed by atoms with Crippen LogP contribution < -0.4 is 5.69 Å². The Balaban J connectivity index is 2.17. The molecular formula is C10H17N3O. The van der Waals surface area contributed by atoms with E-state index in [9.17, 15) is 4.79 Å². The number of aromatic amines is 1. The molecule has 0 saturated heterocycles. The minimum atomic E-state index is -0.00174. The lowest BCUT2D eigenvalue weighted by molar-refractivity contribution is 0.0415. The van der Waals surface area contributed by atoms with Crippen molar-refractivity contribution in [1.82, 2.24) is 14.5 Å². The summed E-state index contributed by atoms with van der Waals surface area (Å²) < 4.78 is 1.76. The van der Waals surface area contributed by atoms with E-state index in [4.69, 9.17) is 0 Å². The molecule has 0 bridgehead atoms. The third-order valence-corrected chi connectivity index (χ3v) is 3.42. The molecular weight excluding hydrogens is 178 g/mol. The van der Waals surface area contributed by atoms with Gasteiger partial charge in [-0.1, -0.05) is 0 Å². The van der Waals surface area contributed by atoms with Gasteiger partial charge in [0.2, 0.25) is 0 Å². The van der Waals surface area contributed by atoms with Crippen LogP contribution in [0.25, 0.3) is 0 Å². The van der Waals surface area contributed by atoms with Gasteiger partial charge in [0.25, 0.3) is 0 Å². The van der Waals surface area contributed by atoms with Crippen molar-refractivity contribution in [1.29, 1.82) is 0 Å². The number of hydrogen-bond donors (Lipinski definition) is 1. The number of nitrogens with zero attached hydrogens (tertiary/aromatic N) is 2. The fourth-order valence-corrected chi connectivity index (χ4v) is 2.12. The zero-order chi connectivity index (χ0) is 10.2. The number of rotatable bonds is 3. The van der Waals surface area contributed by atoms with Gasteiger partial charge in [0.1, 0.15) is 0 Å². The van der Waals surface area contributed by atoms with Crippen molar-refractivity contribution >= 4 is 0 Å². The summed E-state index contributed by atoms with van der Waals surface area (Å²) >= 11 is 0. The largest absolute Gasteiger partial charge is 0.325 e. The van der Waals surface area contributed by atoms with Gasteiger partial charge in [-0.2, -0.15) is 0 Å².